The van der Waals surface area contributed by atoms with Crippen molar-refractivity contribution in [2.24, 2.45) is 0 Å². The second-order valence-corrected chi connectivity index (χ2v) is 6.25. The lowest BCUT2D eigenvalue weighted by Crippen LogP contribution is -2.30. The average Bonchev–Trinajstić information content (AvgIpc) is 2.52. The number of benzene rings is 1. The molecule has 5 heteroatoms. The van der Waals surface area contributed by atoms with E-state index in [0.717, 1.165) is 22.3 Å². The quantitative estimate of drug-likeness (QED) is 0.794. The molecule has 0 radical (unpaired) electrons. The van der Waals surface area contributed by atoms with Gasteiger partial charge in [-0.25, -0.2) is 4.79 Å². The fraction of sp³-hybridized carbons (Fsp3) is 0.562. The Morgan fingerprint density at radius 3 is 2.81 bits per heavy atom. The number of nitrogens with one attached hydrogen (secondary N) is 1. The van der Waals surface area contributed by atoms with E-state index in [1.54, 1.807) is 0 Å². The number of carbonyl (C=O) groups is 1. The summed E-state index contributed by atoms with van der Waals surface area (Å²) < 4.78 is 11.2. The molecule has 1 saturated carbocycles. The Bertz CT molecular complexity index is 473. The van der Waals surface area contributed by atoms with Gasteiger partial charge in [-0.15, -0.1) is 0 Å². The molecule has 0 unspecified atom stereocenters. The van der Waals surface area contributed by atoms with Gasteiger partial charge in [-0.2, -0.15) is 0 Å². The molecule has 0 atom stereocenters. The predicted molar refractivity (Wildman–Crippen MR) is 85.4 cm³/mol. The molecular formula is C16H22BrNO3. The zero-order valence-corrected chi connectivity index (χ0v) is 13.9. The van der Waals surface area contributed by atoms with Crippen molar-refractivity contribution in [3.05, 3.63) is 28.2 Å². The van der Waals surface area contributed by atoms with Crippen molar-refractivity contribution in [2.45, 2.75) is 44.7 Å². The number of halogens is 1. The normalized spacial score (nSPS) is 15.7. The summed E-state index contributed by atoms with van der Waals surface area (Å²) in [6.07, 6.45) is 6.45. The Labute approximate surface area is 134 Å². The lowest BCUT2D eigenvalue weighted by Gasteiger charge is -2.23. The first kappa shape index (κ1) is 16.3. The van der Waals surface area contributed by atoms with Crippen molar-refractivity contribution in [2.75, 3.05) is 13.7 Å². The maximum Gasteiger partial charge on any atom is 0.343 e. The predicted octanol–water partition coefficient (Wildman–Crippen LogP) is 3.42. The molecule has 1 N–H and O–H groups in total. The summed E-state index contributed by atoms with van der Waals surface area (Å²) in [5.41, 5.74) is 1.05. The van der Waals surface area contributed by atoms with Crippen LogP contribution in [0, 0.1) is 0 Å². The van der Waals surface area contributed by atoms with Gasteiger partial charge >= 0.3 is 5.97 Å². The Kier molecular flexibility index (Phi) is 6.51. The first-order valence-corrected chi connectivity index (χ1v) is 8.20. The molecule has 1 fully saturated rings. The number of ether oxygens (including phenoxy) is 2. The van der Waals surface area contributed by atoms with E-state index in [-0.39, 0.29) is 12.6 Å². The second kappa shape index (κ2) is 8.39. The summed E-state index contributed by atoms with van der Waals surface area (Å²) in [5, 5.41) is 3.59. The van der Waals surface area contributed by atoms with E-state index >= 15 is 0 Å². The van der Waals surface area contributed by atoms with Crippen LogP contribution in [0.3, 0.4) is 0 Å². The molecule has 1 aliphatic rings. The summed E-state index contributed by atoms with van der Waals surface area (Å²) in [7, 11) is 1.36. The molecule has 0 bridgehead atoms. The lowest BCUT2D eigenvalue weighted by atomic mass is 9.95. The van der Waals surface area contributed by atoms with Gasteiger partial charge in [0.1, 0.15) is 5.75 Å². The minimum atomic E-state index is -0.371. The molecule has 0 spiro atoms. The van der Waals surface area contributed by atoms with E-state index in [2.05, 4.69) is 26.0 Å². The minimum Gasteiger partial charge on any atom is -0.482 e. The summed E-state index contributed by atoms with van der Waals surface area (Å²) >= 11 is 3.48. The molecule has 1 aromatic carbocycles. The summed E-state index contributed by atoms with van der Waals surface area (Å²) in [4.78, 5) is 11.2. The van der Waals surface area contributed by atoms with Crippen LogP contribution in [0.1, 0.15) is 37.7 Å². The maximum atomic E-state index is 11.2. The van der Waals surface area contributed by atoms with Gasteiger partial charge in [0.05, 0.1) is 7.11 Å². The zero-order chi connectivity index (χ0) is 15.1. The van der Waals surface area contributed by atoms with Crippen molar-refractivity contribution in [3.8, 4) is 5.75 Å². The van der Waals surface area contributed by atoms with E-state index in [4.69, 9.17) is 4.74 Å². The molecule has 2 rings (SSSR count). The van der Waals surface area contributed by atoms with Crippen molar-refractivity contribution in [3.63, 3.8) is 0 Å². The lowest BCUT2D eigenvalue weighted by molar-refractivity contribution is -0.142. The van der Waals surface area contributed by atoms with Gasteiger partial charge in [0.25, 0.3) is 0 Å². The van der Waals surface area contributed by atoms with Gasteiger partial charge in [-0.05, 0) is 31.0 Å². The van der Waals surface area contributed by atoms with Crippen LogP contribution >= 0.6 is 15.9 Å². The number of methoxy groups -OCH3 is 1. The van der Waals surface area contributed by atoms with Crippen LogP contribution in [0.5, 0.6) is 5.75 Å². The zero-order valence-electron chi connectivity index (χ0n) is 12.4. The Balaban J connectivity index is 1.95. The standard InChI is InChI=1S/C16H22BrNO3/c1-20-16(19)11-21-15-8-7-13(17)9-12(15)10-18-14-5-3-2-4-6-14/h7-9,14,18H,2-6,10-11H2,1H3. The maximum absolute atomic E-state index is 11.2. The molecule has 1 aromatic rings. The number of hydrogen-bond acceptors (Lipinski definition) is 4. The van der Waals surface area contributed by atoms with Gasteiger partial charge in [-0.1, -0.05) is 35.2 Å². The monoisotopic (exact) mass is 355 g/mol. The summed E-state index contributed by atoms with van der Waals surface area (Å²) in [6, 6.07) is 6.41. The fourth-order valence-corrected chi connectivity index (χ4v) is 2.99. The molecular weight excluding hydrogens is 334 g/mol. The first-order chi connectivity index (χ1) is 10.2. The smallest absolute Gasteiger partial charge is 0.343 e. The van der Waals surface area contributed by atoms with Gasteiger partial charge < -0.3 is 14.8 Å². The van der Waals surface area contributed by atoms with E-state index in [1.165, 1.54) is 39.2 Å². The van der Waals surface area contributed by atoms with Crippen LogP contribution in [0.4, 0.5) is 0 Å². The second-order valence-electron chi connectivity index (χ2n) is 5.33. The first-order valence-electron chi connectivity index (χ1n) is 7.40. The molecule has 1 aliphatic carbocycles. The largest absolute Gasteiger partial charge is 0.482 e. The van der Waals surface area contributed by atoms with Gasteiger partial charge in [0, 0.05) is 22.6 Å². The van der Waals surface area contributed by atoms with Gasteiger partial charge in [-0.3, -0.25) is 0 Å². The number of carbonyl (C=O) groups excluding carboxylic acids is 1. The van der Waals surface area contributed by atoms with E-state index < -0.39 is 0 Å². The van der Waals surface area contributed by atoms with E-state index in [9.17, 15) is 4.79 Å². The molecule has 0 heterocycles. The molecule has 0 amide bonds. The highest BCUT2D eigenvalue weighted by atomic mass is 79.9. The number of hydrogen-bond donors (Lipinski definition) is 1. The highest BCUT2D eigenvalue weighted by Gasteiger charge is 2.14. The van der Waals surface area contributed by atoms with Crippen molar-refractivity contribution < 1.29 is 14.3 Å². The molecule has 0 aliphatic heterocycles. The van der Waals surface area contributed by atoms with Crippen LogP contribution in [-0.2, 0) is 16.1 Å². The third-order valence-electron chi connectivity index (χ3n) is 3.78. The third-order valence-corrected chi connectivity index (χ3v) is 4.28. The van der Waals surface area contributed by atoms with Crippen molar-refractivity contribution in [1.82, 2.24) is 5.32 Å². The Morgan fingerprint density at radius 1 is 1.33 bits per heavy atom. The Hall–Kier alpha value is -1.07. The van der Waals surface area contributed by atoms with E-state index in [0.29, 0.717) is 6.04 Å². The summed E-state index contributed by atoms with van der Waals surface area (Å²) in [6.45, 7) is 0.690. The highest BCUT2D eigenvalue weighted by molar-refractivity contribution is 9.10. The SMILES string of the molecule is COC(=O)COc1ccc(Br)cc1CNC1CCCCC1. The third kappa shape index (κ3) is 5.32. The Morgan fingerprint density at radius 2 is 2.10 bits per heavy atom. The van der Waals surface area contributed by atoms with Crippen LogP contribution < -0.4 is 10.1 Å². The number of esters is 1. The molecule has 116 valence electrons. The summed E-state index contributed by atoms with van der Waals surface area (Å²) in [5.74, 6) is 0.357. The van der Waals surface area contributed by atoms with Crippen LogP contribution in [0.2, 0.25) is 0 Å². The van der Waals surface area contributed by atoms with Gasteiger partial charge in [0.15, 0.2) is 6.61 Å². The van der Waals surface area contributed by atoms with Crippen LogP contribution in [-0.4, -0.2) is 25.7 Å². The molecule has 21 heavy (non-hydrogen) atoms. The molecule has 0 aromatic heterocycles. The van der Waals surface area contributed by atoms with E-state index in [1.807, 2.05) is 18.2 Å². The van der Waals surface area contributed by atoms with Crippen molar-refractivity contribution >= 4 is 21.9 Å². The highest BCUT2D eigenvalue weighted by Crippen LogP contribution is 2.24. The molecule has 0 saturated heterocycles. The molecule has 4 nitrogen and oxygen atoms in total. The number of rotatable bonds is 6. The van der Waals surface area contributed by atoms with Crippen LogP contribution in [0.15, 0.2) is 22.7 Å². The van der Waals surface area contributed by atoms with Gasteiger partial charge in [0.2, 0.25) is 0 Å². The van der Waals surface area contributed by atoms with Crippen molar-refractivity contribution in [1.29, 1.82) is 0 Å². The minimum absolute atomic E-state index is 0.0610. The average molecular weight is 356 g/mol. The fourth-order valence-electron chi connectivity index (χ4n) is 2.58. The topological polar surface area (TPSA) is 47.6 Å². The van der Waals surface area contributed by atoms with Crippen LogP contribution in [0.25, 0.3) is 0 Å².